The molecule has 8 nitrogen and oxygen atoms in total. The van der Waals surface area contributed by atoms with Crippen LogP contribution in [0.3, 0.4) is 0 Å². The van der Waals surface area contributed by atoms with E-state index in [1.165, 1.54) is 45.6 Å². The van der Waals surface area contributed by atoms with Gasteiger partial charge in [0.05, 0.1) is 21.4 Å². The van der Waals surface area contributed by atoms with Crippen LogP contribution in [0.25, 0.3) is 0 Å². The Morgan fingerprint density at radius 2 is 1.96 bits per heavy atom. The number of hydrogen-bond acceptors (Lipinski definition) is 8. The van der Waals surface area contributed by atoms with E-state index < -0.39 is 10.0 Å². The molecule has 3 rings (SSSR count). The van der Waals surface area contributed by atoms with Crippen molar-refractivity contribution >= 4 is 61.4 Å². The fourth-order valence-corrected chi connectivity index (χ4v) is 5.93. The van der Waals surface area contributed by atoms with Crippen molar-refractivity contribution in [3.8, 4) is 0 Å². The molecule has 0 bridgehead atoms. The lowest BCUT2D eigenvalue weighted by atomic mass is 10.2. The molecule has 1 aliphatic heterocycles. The zero-order valence-corrected chi connectivity index (χ0v) is 18.1. The van der Waals surface area contributed by atoms with Gasteiger partial charge in [0.25, 0.3) is 0 Å². The minimum Gasteiger partial charge on any atom is -0.374 e. The summed E-state index contributed by atoms with van der Waals surface area (Å²) >= 11 is 8.54. The Labute approximate surface area is 176 Å². The molecular weight excluding hydrogens is 442 g/mol. The smallest absolute Gasteiger partial charge is 0.243 e. The van der Waals surface area contributed by atoms with E-state index in [-0.39, 0.29) is 27.3 Å². The second-order valence-electron chi connectivity index (χ2n) is 6.20. The van der Waals surface area contributed by atoms with Crippen molar-refractivity contribution < 1.29 is 13.2 Å². The van der Waals surface area contributed by atoms with Crippen molar-refractivity contribution in [2.75, 3.05) is 29.9 Å². The predicted molar refractivity (Wildman–Crippen MR) is 112 cm³/mol. The number of sulfonamides is 1. The van der Waals surface area contributed by atoms with Gasteiger partial charge in [0.15, 0.2) is 4.34 Å². The zero-order chi connectivity index (χ0) is 20.1. The molecule has 0 aliphatic carbocycles. The molecule has 0 radical (unpaired) electrons. The third-order valence-corrected chi connectivity index (χ3v) is 8.27. The van der Waals surface area contributed by atoms with Crippen LogP contribution in [0, 0.1) is 0 Å². The van der Waals surface area contributed by atoms with Gasteiger partial charge in [-0.15, -0.1) is 10.2 Å². The summed E-state index contributed by atoms with van der Waals surface area (Å²) in [6.45, 7) is 1.02. The van der Waals surface area contributed by atoms with Gasteiger partial charge < -0.3 is 11.1 Å². The average Bonchev–Trinajstić information content (AvgIpc) is 2.90. The molecule has 0 atom stereocenters. The lowest BCUT2D eigenvalue weighted by molar-refractivity contribution is -0.113. The SMILES string of the molecule is Nc1nnc(SCC(=O)Nc2cc(S(=O)(=O)N3CCCCCC3)ccc2Cl)s1. The van der Waals surface area contributed by atoms with Crippen molar-refractivity contribution in [3.05, 3.63) is 23.2 Å². The molecule has 152 valence electrons. The van der Waals surface area contributed by atoms with E-state index in [9.17, 15) is 13.2 Å². The van der Waals surface area contributed by atoms with Gasteiger partial charge in [-0.1, -0.05) is 47.5 Å². The first kappa shape index (κ1) is 21.3. The first-order valence-electron chi connectivity index (χ1n) is 8.67. The number of carbonyl (C=O) groups excluding carboxylic acids is 1. The molecule has 2 heterocycles. The Hall–Kier alpha value is -1.40. The number of nitrogens with one attached hydrogen (secondary N) is 1. The van der Waals surface area contributed by atoms with E-state index in [2.05, 4.69) is 15.5 Å². The molecule has 12 heteroatoms. The molecule has 28 heavy (non-hydrogen) atoms. The molecule has 1 aromatic carbocycles. The third kappa shape index (κ3) is 5.35. The fraction of sp³-hybridized carbons (Fsp3) is 0.438. The van der Waals surface area contributed by atoms with Crippen LogP contribution in [0.2, 0.25) is 5.02 Å². The quantitative estimate of drug-likeness (QED) is 0.634. The van der Waals surface area contributed by atoms with Crippen LogP contribution in [0.15, 0.2) is 27.4 Å². The van der Waals surface area contributed by atoms with E-state index in [1.54, 1.807) is 0 Å². The number of nitrogens with two attached hydrogens (primary N) is 1. The fourth-order valence-electron chi connectivity index (χ4n) is 2.78. The van der Waals surface area contributed by atoms with Crippen LogP contribution in [-0.2, 0) is 14.8 Å². The molecule has 1 amide bonds. The number of hydrogen-bond donors (Lipinski definition) is 2. The third-order valence-electron chi connectivity index (χ3n) is 4.16. The molecule has 0 saturated carbocycles. The van der Waals surface area contributed by atoms with Crippen molar-refractivity contribution in [1.29, 1.82) is 0 Å². The number of anilines is 2. The Balaban J connectivity index is 1.70. The number of nitrogen functional groups attached to an aromatic ring is 1. The van der Waals surface area contributed by atoms with Crippen LogP contribution >= 0.6 is 34.7 Å². The summed E-state index contributed by atoms with van der Waals surface area (Å²) < 4.78 is 28.0. The molecule has 0 unspecified atom stereocenters. The highest BCUT2D eigenvalue weighted by molar-refractivity contribution is 8.01. The number of amides is 1. The maximum atomic E-state index is 12.9. The number of rotatable bonds is 6. The number of carbonyl (C=O) groups is 1. The maximum Gasteiger partial charge on any atom is 0.243 e. The summed E-state index contributed by atoms with van der Waals surface area (Å²) in [5, 5.41) is 10.8. The molecule has 1 aliphatic rings. The van der Waals surface area contributed by atoms with Gasteiger partial charge in [-0.2, -0.15) is 4.31 Å². The second kappa shape index (κ2) is 9.40. The normalized spacial score (nSPS) is 15.9. The summed E-state index contributed by atoms with van der Waals surface area (Å²) in [7, 11) is -3.63. The van der Waals surface area contributed by atoms with Crippen LogP contribution < -0.4 is 11.1 Å². The lowest BCUT2D eigenvalue weighted by Crippen LogP contribution is -2.32. The molecule has 3 N–H and O–H groups in total. The van der Waals surface area contributed by atoms with E-state index in [4.69, 9.17) is 17.3 Å². The van der Waals surface area contributed by atoms with E-state index in [0.717, 1.165) is 25.7 Å². The molecule has 0 spiro atoms. The molecule has 1 fully saturated rings. The number of aromatic nitrogens is 2. The first-order chi connectivity index (χ1) is 13.4. The summed E-state index contributed by atoms with van der Waals surface area (Å²) in [5.74, 6) is -0.251. The standard InChI is InChI=1S/C16H20ClN5O3S3/c17-12-6-5-11(28(24,25)22-7-3-1-2-4-8-22)9-13(12)19-14(23)10-26-16-21-20-15(18)27-16/h5-6,9H,1-4,7-8,10H2,(H2,18,20)(H,19,23). The van der Waals surface area contributed by atoms with Crippen molar-refractivity contribution in [2.45, 2.75) is 34.9 Å². The number of benzene rings is 1. The molecule has 1 saturated heterocycles. The predicted octanol–water partition coefficient (Wildman–Crippen LogP) is 3.07. The van der Waals surface area contributed by atoms with Crippen molar-refractivity contribution in [1.82, 2.24) is 14.5 Å². The average molecular weight is 462 g/mol. The Morgan fingerprint density at radius 3 is 2.61 bits per heavy atom. The van der Waals surface area contributed by atoms with Crippen LogP contribution in [0.4, 0.5) is 10.8 Å². The van der Waals surface area contributed by atoms with Gasteiger partial charge in [0, 0.05) is 13.1 Å². The minimum atomic E-state index is -3.63. The Kier molecular flexibility index (Phi) is 7.15. The highest BCUT2D eigenvalue weighted by Gasteiger charge is 2.26. The highest BCUT2D eigenvalue weighted by atomic mass is 35.5. The van der Waals surface area contributed by atoms with Gasteiger partial charge in [-0.3, -0.25) is 4.79 Å². The molecular formula is C16H20ClN5O3S3. The number of halogens is 1. The number of thioether (sulfide) groups is 1. The van der Waals surface area contributed by atoms with E-state index in [0.29, 0.717) is 22.6 Å². The van der Waals surface area contributed by atoms with Crippen molar-refractivity contribution in [2.24, 2.45) is 0 Å². The van der Waals surface area contributed by atoms with Crippen LogP contribution in [-0.4, -0.2) is 47.7 Å². The Morgan fingerprint density at radius 1 is 1.25 bits per heavy atom. The molecule has 2 aromatic rings. The summed E-state index contributed by atoms with van der Waals surface area (Å²) in [6, 6.07) is 4.37. The topological polar surface area (TPSA) is 118 Å². The van der Waals surface area contributed by atoms with Crippen LogP contribution in [0.1, 0.15) is 25.7 Å². The maximum absolute atomic E-state index is 12.9. The lowest BCUT2D eigenvalue weighted by Gasteiger charge is -2.20. The monoisotopic (exact) mass is 461 g/mol. The van der Waals surface area contributed by atoms with E-state index >= 15 is 0 Å². The summed E-state index contributed by atoms with van der Waals surface area (Å²) in [5.41, 5.74) is 5.77. The van der Waals surface area contributed by atoms with Gasteiger partial charge in [0.2, 0.25) is 21.1 Å². The largest absolute Gasteiger partial charge is 0.374 e. The van der Waals surface area contributed by atoms with E-state index in [1.807, 2.05) is 0 Å². The first-order valence-corrected chi connectivity index (χ1v) is 12.3. The summed E-state index contributed by atoms with van der Waals surface area (Å²) in [6.07, 6.45) is 3.77. The van der Waals surface area contributed by atoms with Gasteiger partial charge in [-0.05, 0) is 31.0 Å². The second-order valence-corrected chi connectivity index (χ2v) is 10.8. The van der Waals surface area contributed by atoms with Gasteiger partial charge in [-0.25, -0.2) is 8.42 Å². The van der Waals surface area contributed by atoms with Crippen LogP contribution in [0.5, 0.6) is 0 Å². The van der Waals surface area contributed by atoms with Gasteiger partial charge in [0.1, 0.15) is 0 Å². The zero-order valence-electron chi connectivity index (χ0n) is 14.9. The highest BCUT2D eigenvalue weighted by Crippen LogP contribution is 2.29. The number of nitrogens with zero attached hydrogens (tertiary/aromatic N) is 3. The Bertz CT molecular complexity index is 943. The van der Waals surface area contributed by atoms with Crippen molar-refractivity contribution in [3.63, 3.8) is 0 Å². The minimum absolute atomic E-state index is 0.0774. The molecule has 1 aromatic heterocycles. The van der Waals surface area contributed by atoms with Gasteiger partial charge >= 0.3 is 0 Å². The summed E-state index contributed by atoms with van der Waals surface area (Å²) in [4.78, 5) is 12.4.